The van der Waals surface area contributed by atoms with Crippen molar-refractivity contribution in [2.45, 2.75) is 0 Å². The van der Waals surface area contributed by atoms with Gasteiger partial charge in [0.1, 0.15) is 11.4 Å². The highest BCUT2D eigenvalue weighted by molar-refractivity contribution is 5.82. The summed E-state index contributed by atoms with van der Waals surface area (Å²) in [6.45, 7) is 0. The van der Waals surface area contributed by atoms with Gasteiger partial charge in [0, 0.05) is 11.6 Å². The van der Waals surface area contributed by atoms with Crippen LogP contribution >= 0.6 is 0 Å². The number of halogens is 1. The lowest BCUT2D eigenvalue weighted by molar-refractivity contribution is 0.368. The normalized spacial score (nSPS) is 11.0. The summed E-state index contributed by atoms with van der Waals surface area (Å²) in [5.41, 5.74) is -0.957. The number of hydrogen-bond acceptors (Lipinski definition) is 6. The van der Waals surface area contributed by atoms with Gasteiger partial charge in [-0.25, -0.2) is 4.39 Å². The number of aromatic hydroxyl groups is 4. The van der Waals surface area contributed by atoms with Gasteiger partial charge in [-0.3, -0.25) is 4.79 Å². The second kappa shape index (κ2) is 4.66. The first-order chi connectivity index (χ1) is 10.4. The average molecular weight is 304 g/mol. The second-order valence-corrected chi connectivity index (χ2v) is 4.61. The fourth-order valence-corrected chi connectivity index (χ4v) is 2.09. The van der Waals surface area contributed by atoms with Gasteiger partial charge in [0.2, 0.25) is 11.2 Å². The molecule has 22 heavy (non-hydrogen) atoms. The summed E-state index contributed by atoms with van der Waals surface area (Å²) in [7, 11) is 0. The lowest BCUT2D eigenvalue weighted by Crippen LogP contribution is -2.02. The van der Waals surface area contributed by atoms with Crippen molar-refractivity contribution in [1.82, 2.24) is 0 Å². The third-order valence-corrected chi connectivity index (χ3v) is 3.16. The summed E-state index contributed by atoms with van der Waals surface area (Å²) in [5.74, 6) is -3.86. The maximum absolute atomic E-state index is 13.2. The molecule has 7 heteroatoms. The Morgan fingerprint density at radius 2 is 1.55 bits per heavy atom. The van der Waals surface area contributed by atoms with Crippen LogP contribution in [0.2, 0.25) is 0 Å². The minimum Gasteiger partial charge on any atom is -0.504 e. The van der Waals surface area contributed by atoms with Crippen molar-refractivity contribution in [2.24, 2.45) is 0 Å². The van der Waals surface area contributed by atoms with Crippen molar-refractivity contribution in [2.75, 3.05) is 0 Å². The summed E-state index contributed by atoms with van der Waals surface area (Å²) in [4.78, 5) is 12.1. The van der Waals surface area contributed by atoms with Crippen LogP contribution in [0.5, 0.6) is 23.0 Å². The minimum atomic E-state index is -0.789. The molecule has 0 amide bonds. The molecule has 1 heterocycles. The van der Waals surface area contributed by atoms with Crippen LogP contribution in [-0.4, -0.2) is 20.4 Å². The van der Waals surface area contributed by atoms with E-state index in [4.69, 9.17) is 4.42 Å². The molecule has 6 nitrogen and oxygen atoms in total. The standard InChI is InChI=1S/C15H9FO6/c16-7-1-2-8-11(5-7)22-15(14(21)12(8)19)6-3-9(17)13(20)10(18)4-6/h1-5,17-18,20-21H. The first-order valence-corrected chi connectivity index (χ1v) is 6.09. The van der Waals surface area contributed by atoms with E-state index in [1.54, 1.807) is 0 Å². The van der Waals surface area contributed by atoms with Gasteiger partial charge in [0.05, 0.1) is 5.39 Å². The molecule has 0 bridgehead atoms. The first kappa shape index (κ1) is 13.7. The van der Waals surface area contributed by atoms with Gasteiger partial charge in [-0.05, 0) is 24.3 Å². The first-order valence-electron chi connectivity index (χ1n) is 6.09. The van der Waals surface area contributed by atoms with E-state index >= 15 is 0 Å². The molecule has 0 fully saturated rings. The van der Waals surface area contributed by atoms with Crippen molar-refractivity contribution in [3.63, 3.8) is 0 Å². The number of phenols is 3. The Bertz CT molecular complexity index is 937. The van der Waals surface area contributed by atoms with Gasteiger partial charge in [0.15, 0.2) is 23.0 Å². The van der Waals surface area contributed by atoms with Crippen LogP contribution in [-0.2, 0) is 0 Å². The van der Waals surface area contributed by atoms with Crippen molar-refractivity contribution >= 4 is 11.0 Å². The second-order valence-electron chi connectivity index (χ2n) is 4.61. The van der Waals surface area contributed by atoms with Gasteiger partial charge >= 0.3 is 0 Å². The van der Waals surface area contributed by atoms with Crippen molar-refractivity contribution in [1.29, 1.82) is 0 Å². The predicted molar refractivity (Wildman–Crippen MR) is 74.5 cm³/mol. The lowest BCUT2D eigenvalue weighted by Gasteiger charge is -2.08. The van der Waals surface area contributed by atoms with Crippen LogP contribution in [0.1, 0.15) is 0 Å². The molecule has 0 aliphatic heterocycles. The van der Waals surface area contributed by atoms with Gasteiger partial charge in [-0.2, -0.15) is 0 Å². The summed E-state index contributed by atoms with van der Waals surface area (Å²) in [6.07, 6.45) is 0. The molecule has 0 atom stereocenters. The van der Waals surface area contributed by atoms with Crippen molar-refractivity contribution in [3.05, 3.63) is 46.4 Å². The SMILES string of the molecule is O=c1c(O)c(-c2cc(O)c(O)c(O)c2)oc2cc(F)ccc12. The molecular formula is C15H9FO6. The van der Waals surface area contributed by atoms with Crippen LogP contribution in [0.15, 0.2) is 39.5 Å². The number of benzene rings is 2. The summed E-state index contributed by atoms with van der Waals surface area (Å²) in [5, 5.41) is 38.2. The molecular weight excluding hydrogens is 295 g/mol. The van der Waals surface area contributed by atoms with Gasteiger partial charge < -0.3 is 24.8 Å². The highest BCUT2D eigenvalue weighted by Gasteiger charge is 2.18. The number of phenolic OH excluding ortho intramolecular Hbond substituents is 3. The van der Waals surface area contributed by atoms with Crippen LogP contribution in [0.4, 0.5) is 4.39 Å². The van der Waals surface area contributed by atoms with E-state index < -0.39 is 34.2 Å². The topological polar surface area (TPSA) is 111 Å². The van der Waals surface area contributed by atoms with Crippen LogP contribution in [0.3, 0.4) is 0 Å². The fraction of sp³-hybridized carbons (Fsp3) is 0. The van der Waals surface area contributed by atoms with E-state index in [-0.39, 0.29) is 22.3 Å². The van der Waals surface area contributed by atoms with E-state index in [9.17, 15) is 29.6 Å². The molecule has 0 saturated heterocycles. The van der Waals surface area contributed by atoms with E-state index in [0.717, 1.165) is 24.3 Å². The Morgan fingerprint density at radius 3 is 2.18 bits per heavy atom. The van der Waals surface area contributed by atoms with E-state index in [1.165, 1.54) is 6.07 Å². The third-order valence-electron chi connectivity index (χ3n) is 3.16. The quantitative estimate of drug-likeness (QED) is 0.514. The molecule has 0 aliphatic rings. The predicted octanol–water partition coefficient (Wildman–Crippen LogP) is 2.42. The monoisotopic (exact) mass is 304 g/mol. The van der Waals surface area contributed by atoms with Crippen molar-refractivity contribution < 1.29 is 29.2 Å². The lowest BCUT2D eigenvalue weighted by atomic mass is 10.1. The van der Waals surface area contributed by atoms with E-state index in [2.05, 4.69) is 0 Å². The molecule has 1 aromatic heterocycles. The molecule has 0 aliphatic carbocycles. The molecule has 4 N–H and O–H groups in total. The summed E-state index contributed by atoms with van der Waals surface area (Å²) in [6, 6.07) is 5.17. The summed E-state index contributed by atoms with van der Waals surface area (Å²) >= 11 is 0. The largest absolute Gasteiger partial charge is 0.504 e. The maximum Gasteiger partial charge on any atom is 0.235 e. The fourth-order valence-electron chi connectivity index (χ4n) is 2.09. The zero-order valence-electron chi connectivity index (χ0n) is 10.9. The third kappa shape index (κ3) is 1.99. The molecule has 3 rings (SSSR count). The zero-order chi connectivity index (χ0) is 16.0. The van der Waals surface area contributed by atoms with E-state index in [0.29, 0.717) is 0 Å². The average Bonchev–Trinajstić information content (AvgIpc) is 2.47. The number of fused-ring (bicyclic) bond motifs is 1. The van der Waals surface area contributed by atoms with Crippen LogP contribution in [0, 0.1) is 5.82 Å². The smallest absolute Gasteiger partial charge is 0.235 e. The van der Waals surface area contributed by atoms with Gasteiger partial charge in [-0.15, -0.1) is 0 Å². The van der Waals surface area contributed by atoms with E-state index in [1.807, 2.05) is 0 Å². The highest BCUT2D eigenvalue weighted by Crippen LogP contribution is 2.41. The Kier molecular flexibility index (Phi) is 2.91. The Labute approximate surface area is 121 Å². The van der Waals surface area contributed by atoms with Crippen LogP contribution in [0.25, 0.3) is 22.3 Å². The Hall–Kier alpha value is -3.22. The highest BCUT2D eigenvalue weighted by atomic mass is 19.1. The maximum atomic E-state index is 13.2. The zero-order valence-corrected chi connectivity index (χ0v) is 10.9. The molecule has 112 valence electrons. The van der Waals surface area contributed by atoms with Gasteiger partial charge in [-0.1, -0.05) is 0 Å². The number of hydrogen-bond donors (Lipinski definition) is 4. The molecule has 0 saturated carbocycles. The van der Waals surface area contributed by atoms with Crippen LogP contribution < -0.4 is 5.43 Å². The molecule has 0 unspecified atom stereocenters. The summed E-state index contributed by atoms with van der Waals surface area (Å²) < 4.78 is 18.5. The van der Waals surface area contributed by atoms with Crippen molar-refractivity contribution in [3.8, 4) is 34.3 Å². The molecule has 0 radical (unpaired) electrons. The molecule has 3 aromatic rings. The molecule has 0 spiro atoms. The minimum absolute atomic E-state index is 0.0186. The van der Waals surface area contributed by atoms with Gasteiger partial charge in [0.25, 0.3) is 0 Å². The molecule has 2 aromatic carbocycles. The Morgan fingerprint density at radius 1 is 0.909 bits per heavy atom. The number of rotatable bonds is 1. The Balaban J connectivity index is 2.36.